The molecule has 0 bridgehead atoms. The maximum Gasteiger partial charge on any atom is 0.248 e. The predicted octanol–water partition coefficient (Wildman–Crippen LogP) is -1.48. The van der Waals surface area contributed by atoms with Crippen molar-refractivity contribution >= 4 is 52.7 Å². The molecule has 1 aromatic carbocycles. The van der Waals surface area contributed by atoms with Crippen LogP contribution < -0.4 is 21.3 Å². The highest BCUT2D eigenvalue weighted by atomic mass is 35.5. The van der Waals surface area contributed by atoms with E-state index in [2.05, 4.69) is 21.3 Å². The third kappa shape index (κ3) is 6.73. The maximum atomic E-state index is 13.3. The third-order valence-electron chi connectivity index (χ3n) is 6.49. The Morgan fingerprint density at radius 1 is 0.842 bits per heavy atom. The van der Waals surface area contributed by atoms with E-state index in [4.69, 9.17) is 23.2 Å². The molecule has 7 atom stereocenters. The molecule has 38 heavy (non-hydrogen) atoms. The second kappa shape index (κ2) is 13.2. The summed E-state index contributed by atoms with van der Waals surface area (Å²) >= 11 is 12.6. The van der Waals surface area contributed by atoms with E-state index in [0.717, 1.165) is 4.90 Å². The number of alkyl halides is 2. The van der Waals surface area contributed by atoms with E-state index in [1.807, 2.05) is 0 Å². The third-order valence-corrected chi connectivity index (χ3v) is 7.57. The molecule has 2 aliphatic rings. The highest BCUT2D eigenvalue weighted by molar-refractivity contribution is 6.32. The molecule has 0 spiro atoms. The molecule has 6 N–H and O–H groups in total. The average molecular weight is 572 g/mol. The van der Waals surface area contributed by atoms with Crippen molar-refractivity contribution in [1.82, 2.24) is 26.2 Å². The number of fused-ring (bicyclic) bond motifs is 1. The predicted molar refractivity (Wildman–Crippen MR) is 137 cm³/mol. The van der Waals surface area contributed by atoms with Gasteiger partial charge in [-0.25, -0.2) is 0 Å². The fourth-order valence-corrected chi connectivity index (χ4v) is 5.01. The molecule has 3 rings (SSSR count). The Labute approximate surface area is 229 Å². The van der Waals surface area contributed by atoms with Crippen LogP contribution in [-0.4, -0.2) is 99.3 Å². The molecule has 14 heteroatoms. The number of hydrogen-bond donors (Lipinski definition) is 6. The summed E-state index contributed by atoms with van der Waals surface area (Å²) in [5, 5.41) is 27.9. The molecule has 12 nitrogen and oxygen atoms in total. The van der Waals surface area contributed by atoms with Gasteiger partial charge in [0.1, 0.15) is 24.2 Å². The summed E-state index contributed by atoms with van der Waals surface area (Å²) in [6, 6.07) is 2.42. The second-order valence-electron chi connectivity index (χ2n) is 9.09. The summed E-state index contributed by atoms with van der Waals surface area (Å²) in [7, 11) is 0. The van der Waals surface area contributed by atoms with E-state index in [1.54, 1.807) is 37.3 Å². The van der Waals surface area contributed by atoms with E-state index in [9.17, 15) is 34.2 Å². The van der Waals surface area contributed by atoms with Crippen molar-refractivity contribution in [2.75, 3.05) is 19.8 Å². The Kier molecular flexibility index (Phi) is 10.3. The lowest BCUT2D eigenvalue weighted by Gasteiger charge is -2.31. The molecule has 2 heterocycles. The number of aliphatic hydroxyl groups excluding tert-OH is 2. The zero-order chi connectivity index (χ0) is 28.0. The first-order valence-corrected chi connectivity index (χ1v) is 13.0. The van der Waals surface area contributed by atoms with Gasteiger partial charge in [-0.3, -0.25) is 24.0 Å². The van der Waals surface area contributed by atoms with Gasteiger partial charge in [-0.1, -0.05) is 37.3 Å². The SMILES string of the molecule is CC[C@@H]1NC(=O)[C@@H]2[C@@H](Cl)[C@@H](Cl)CN2C(=O)[C@H](CO)NC(=O)C[C@@H](c2ccccc2)NC(=O)[C@H](CO)NC1=O. The molecule has 0 unspecified atom stereocenters. The highest BCUT2D eigenvalue weighted by Gasteiger charge is 2.48. The van der Waals surface area contributed by atoms with Crippen LogP contribution in [0.2, 0.25) is 0 Å². The number of nitrogens with one attached hydrogen (secondary N) is 4. The van der Waals surface area contributed by atoms with Crippen LogP contribution in [-0.2, 0) is 24.0 Å². The number of halogens is 2. The van der Waals surface area contributed by atoms with Crippen molar-refractivity contribution in [3.63, 3.8) is 0 Å². The van der Waals surface area contributed by atoms with Crippen LogP contribution in [0.5, 0.6) is 0 Å². The van der Waals surface area contributed by atoms with Crippen molar-refractivity contribution in [2.45, 2.75) is 60.7 Å². The van der Waals surface area contributed by atoms with Gasteiger partial charge in [0.2, 0.25) is 29.5 Å². The average Bonchev–Trinajstić information content (AvgIpc) is 3.21. The number of carbonyl (C=O) groups is 5. The number of carbonyl (C=O) groups excluding carboxylic acids is 5. The Bertz CT molecular complexity index is 1050. The van der Waals surface area contributed by atoms with Gasteiger partial charge in [0, 0.05) is 6.54 Å². The molecule has 2 saturated heterocycles. The van der Waals surface area contributed by atoms with Gasteiger partial charge in [0.05, 0.1) is 36.4 Å². The molecule has 2 aliphatic heterocycles. The number of benzene rings is 1. The molecule has 5 amide bonds. The van der Waals surface area contributed by atoms with Crippen LogP contribution in [0.4, 0.5) is 0 Å². The van der Waals surface area contributed by atoms with Gasteiger partial charge < -0.3 is 36.4 Å². The summed E-state index contributed by atoms with van der Waals surface area (Å²) in [6.07, 6.45) is -0.208. The van der Waals surface area contributed by atoms with E-state index in [0.29, 0.717) is 5.56 Å². The molecule has 0 radical (unpaired) electrons. The summed E-state index contributed by atoms with van der Waals surface area (Å²) in [5.74, 6) is -3.74. The van der Waals surface area contributed by atoms with Crippen molar-refractivity contribution in [1.29, 1.82) is 0 Å². The van der Waals surface area contributed by atoms with Crippen molar-refractivity contribution in [3.05, 3.63) is 35.9 Å². The lowest BCUT2D eigenvalue weighted by atomic mass is 10.0. The van der Waals surface area contributed by atoms with Crippen molar-refractivity contribution < 1.29 is 34.2 Å². The smallest absolute Gasteiger partial charge is 0.248 e. The van der Waals surface area contributed by atoms with Gasteiger partial charge in [-0.2, -0.15) is 0 Å². The van der Waals surface area contributed by atoms with Gasteiger partial charge in [0.15, 0.2) is 0 Å². The molecule has 0 saturated carbocycles. The van der Waals surface area contributed by atoms with Gasteiger partial charge in [-0.15, -0.1) is 23.2 Å². The topological polar surface area (TPSA) is 177 Å². The van der Waals surface area contributed by atoms with Crippen LogP contribution in [0.1, 0.15) is 31.4 Å². The zero-order valence-corrected chi connectivity index (χ0v) is 22.1. The summed E-state index contributed by atoms with van der Waals surface area (Å²) in [5.41, 5.74) is 0.556. The van der Waals surface area contributed by atoms with E-state index >= 15 is 0 Å². The zero-order valence-electron chi connectivity index (χ0n) is 20.6. The summed E-state index contributed by atoms with van der Waals surface area (Å²) < 4.78 is 0. The van der Waals surface area contributed by atoms with Crippen LogP contribution in [0, 0.1) is 0 Å². The van der Waals surface area contributed by atoms with Gasteiger partial charge in [-0.05, 0) is 12.0 Å². The van der Waals surface area contributed by atoms with Crippen LogP contribution in [0.15, 0.2) is 30.3 Å². The largest absolute Gasteiger partial charge is 0.394 e. The number of amides is 5. The van der Waals surface area contributed by atoms with E-state index in [-0.39, 0.29) is 19.4 Å². The van der Waals surface area contributed by atoms with Crippen LogP contribution in [0.25, 0.3) is 0 Å². The lowest BCUT2D eigenvalue weighted by molar-refractivity contribution is -0.143. The standard InChI is InChI=1S/C24H31Cl2N5O7/c1-2-14-21(35)30-16(10-32)22(36)29-15(12-6-4-3-5-7-12)8-18(34)27-17(11-33)24(38)31-9-13(25)19(26)20(31)23(37)28-14/h3-7,13-17,19-20,32-33H,2,8-11H2,1H3,(H,27,34)(H,28,37)(H,29,36)(H,30,35)/t13-,14-,15-,16-,17-,19-,20-/m0/s1. The highest BCUT2D eigenvalue weighted by Crippen LogP contribution is 2.29. The maximum absolute atomic E-state index is 13.3. The first-order chi connectivity index (χ1) is 18.1. The molecule has 208 valence electrons. The summed E-state index contributed by atoms with van der Waals surface area (Å²) in [4.78, 5) is 66.5. The first-order valence-electron chi connectivity index (χ1n) is 12.2. The van der Waals surface area contributed by atoms with Gasteiger partial charge in [0.25, 0.3) is 0 Å². The monoisotopic (exact) mass is 571 g/mol. The fourth-order valence-electron chi connectivity index (χ4n) is 4.40. The molecule has 0 aromatic heterocycles. The number of hydrogen-bond acceptors (Lipinski definition) is 7. The van der Waals surface area contributed by atoms with Gasteiger partial charge >= 0.3 is 0 Å². The number of aliphatic hydroxyl groups is 2. The minimum atomic E-state index is -1.42. The van der Waals surface area contributed by atoms with Crippen molar-refractivity contribution in [3.8, 4) is 0 Å². The number of nitrogens with zero attached hydrogens (tertiary/aromatic N) is 1. The summed E-state index contributed by atoms with van der Waals surface area (Å²) in [6.45, 7) is -0.0217. The molecule has 1 aromatic rings. The quantitative estimate of drug-likeness (QED) is 0.239. The van der Waals surface area contributed by atoms with E-state index in [1.165, 1.54) is 0 Å². The van der Waals surface area contributed by atoms with Crippen LogP contribution >= 0.6 is 23.2 Å². The fraction of sp³-hybridized carbons (Fsp3) is 0.542. The first kappa shape index (κ1) is 29.6. The molecular weight excluding hydrogens is 541 g/mol. The molecule has 0 aliphatic carbocycles. The molecular formula is C24H31Cl2N5O7. The van der Waals surface area contributed by atoms with E-state index < -0.39 is 83.7 Å². The van der Waals surface area contributed by atoms with Crippen LogP contribution in [0.3, 0.4) is 0 Å². The number of rotatable bonds is 4. The lowest BCUT2D eigenvalue weighted by Crippen LogP contribution is -2.60. The van der Waals surface area contributed by atoms with Crippen molar-refractivity contribution in [2.24, 2.45) is 0 Å². The Morgan fingerprint density at radius 3 is 2.05 bits per heavy atom. The molecule has 2 fully saturated rings. The Balaban J connectivity index is 2.00. The normalized spacial score (nSPS) is 31.7. The Hall–Kier alpha value is -2.93. The second-order valence-corrected chi connectivity index (χ2v) is 10.2. The minimum absolute atomic E-state index is 0.122. The minimum Gasteiger partial charge on any atom is -0.394 e. The Morgan fingerprint density at radius 2 is 1.45 bits per heavy atom.